The van der Waals surface area contributed by atoms with Crippen molar-refractivity contribution in [3.63, 3.8) is 0 Å². The molecular formula is C17H30N4. The summed E-state index contributed by atoms with van der Waals surface area (Å²) in [7, 11) is 0. The lowest BCUT2D eigenvalue weighted by Gasteiger charge is -2.29. The smallest absolute Gasteiger partial charge is 0.135 e. The van der Waals surface area contributed by atoms with Gasteiger partial charge in [-0.15, -0.1) is 0 Å². The zero-order valence-electron chi connectivity index (χ0n) is 14.0. The summed E-state index contributed by atoms with van der Waals surface area (Å²) in [5.41, 5.74) is 0. The first kappa shape index (κ1) is 16.1. The van der Waals surface area contributed by atoms with Crippen LogP contribution in [0, 0.1) is 0 Å². The Hall–Kier alpha value is -1.32. The number of anilines is 2. The molecule has 0 amide bonds. The van der Waals surface area contributed by atoms with Crippen LogP contribution in [0.4, 0.5) is 11.6 Å². The average molecular weight is 290 g/mol. The van der Waals surface area contributed by atoms with Gasteiger partial charge >= 0.3 is 0 Å². The molecule has 0 spiro atoms. The summed E-state index contributed by atoms with van der Waals surface area (Å²) < 4.78 is 0. The summed E-state index contributed by atoms with van der Waals surface area (Å²) in [4.78, 5) is 12.0. The maximum Gasteiger partial charge on any atom is 0.135 e. The van der Waals surface area contributed by atoms with E-state index >= 15 is 0 Å². The van der Waals surface area contributed by atoms with Crippen molar-refractivity contribution in [1.29, 1.82) is 0 Å². The maximum absolute atomic E-state index is 4.83. The second-order valence-corrected chi connectivity index (χ2v) is 6.28. The van der Waals surface area contributed by atoms with E-state index in [2.05, 4.69) is 49.0 Å². The number of hydrogen-bond donors (Lipinski definition) is 1. The van der Waals surface area contributed by atoms with E-state index in [0.29, 0.717) is 12.0 Å². The van der Waals surface area contributed by atoms with Crippen LogP contribution < -0.4 is 10.2 Å². The average Bonchev–Trinajstić information content (AvgIpc) is 2.99. The summed E-state index contributed by atoms with van der Waals surface area (Å²) in [5, 5.41) is 3.42. The van der Waals surface area contributed by atoms with Gasteiger partial charge in [0.2, 0.25) is 0 Å². The van der Waals surface area contributed by atoms with Crippen LogP contribution in [0.2, 0.25) is 0 Å². The molecule has 0 atom stereocenters. The standard InChI is InChI=1S/C17H30N4/c1-5-11-18-15-12-16(20-17(19-15)13(3)4)21(6-2)14-9-7-8-10-14/h12-14H,5-11H2,1-4H3,(H,18,19,20). The summed E-state index contributed by atoms with van der Waals surface area (Å²) >= 11 is 0. The van der Waals surface area contributed by atoms with Gasteiger partial charge < -0.3 is 10.2 Å². The lowest BCUT2D eigenvalue weighted by molar-refractivity contribution is 0.608. The Balaban J connectivity index is 2.28. The molecule has 0 aliphatic heterocycles. The molecule has 0 saturated heterocycles. The van der Waals surface area contributed by atoms with Crippen molar-refractivity contribution in [1.82, 2.24) is 9.97 Å². The minimum atomic E-state index is 0.356. The van der Waals surface area contributed by atoms with Crippen molar-refractivity contribution in [3.05, 3.63) is 11.9 Å². The normalized spacial score (nSPS) is 15.7. The third-order valence-electron chi connectivity index (χ3n) is 4.20. The largest absolute Gasteiger partial charge is 0.370 e. The highest BCUT2D eigenvalue weighted by atomic mass is 15.2. The van der Waals surface area contributed by atoms with Crippen LogP contribution in [0.3, 0.4) is 0 Å². The van der Waals surface area contributed by atoms with Crippen molar-refractivity contribution in [2.45, 2.75) is 71.8 Å². The van der Waals surface area contributed by atoms with Crippen molar-refractivity contribution in [2.75, 3.05) is 23.3 Å². The SMILES string of the molecule is CCCNc1cc(N(CC)C2CCCC2)nc(C(C)C)n1. The van der Waals surface area contributed by atoms with Crippen molar-refractivity contribution in [3.8, 4) is 0 Å². The van der Waals surface area contributed by atoms with E-state index in [9.17, 15) is 0 Å². The second kappa shape index (κ2) is 7.62. The molecule has 1 N–H and O–H groups in total. The molecule has 1 fully saturated rings. The topological polar surface area (TPSA) is 41.0 Å². The number of rotatable bonds is 7. The minimum absolute atomic E-state index is 0.356. The predicted molar refractivity (Wildman–Crippen MR) is 90.2 cm³/mol. The molecule has 4 heteroatoms. The summed E-state index contributed by atoms with van der Waals surface area (Å²) in [6.45, 7) is 10.7. The molecule has 0 radical (unpaired) electrons. The lowest BCUT2D eigenvalue weighted by Crippen LogP contribution is -2.34. The third-order valence-corrected chi connectivity index (χ3v) is 4.20. The summed E-state index contributed by atoms with van der Waals surface area (Å²) in [5.74, 6) is 3.38. The van der Waals surface area contributed by atoms with Gasteiger partial charge in [-0.3, -0.25) is 0 Å². The van der Waals surface area contributed by atoms with E-state index in [1.807, 2.05) is 0 Å². The van der Waals surface area contributed by atoms with Crippen LogP contribution in [0.25, 0.3) is 0 Å². The number of nitrogens with one attached hydrogen (secondary N) is 1. The van der Waals surface area contributed by atoms with Crippen LogP contribution in [-0.2, 0) is 0 Å². The van der Waals surface area contributed by atoms with Crippen LogP contribution >= 0.6 is 0 Å². The monoisotopic (exact) mass is 290 g/mol. The number of nitrogens with zero attached hydrogens (tertiary/aromatic N) is 3. The molecule has 2 rings (SSSR count). The second-order valence-electron chi connectivity index (χ2n) is 6.28. The highest BCUT2D eigenvalue weighted by molar-refractivity contribution is 5.50. The first-order valence-electron chi connectivity index (χ1n) is 8.55. The molecule has 0 aromatic carbocycles. The van der Waals surface area contributed by atoms with Gasteiger partial charge in [0.1, 0.15) is 17.5 Å². The number of aromatic nitrogens is 2. The zero-order chi connectivity index (χ0) is 15.2. The van der Waals surface area contributed by atoms with E-state index in [-0.39, 0.29) is 0 Å². The number of hydrogen-bond acceptors (Lipinski definition) is 4. The highest BCUT2D eigenvalue weighted by Crippen LogP contribution is 2.28. The fraction of sp³-hybridized carbons (Fsp3) is 0.765. The Morgan fingerprint density at radius 1 is 1.24 bits per heavy atom. The molecule has 1 saturated carbocycles. The Morgan fingerprint density at radius 2 is 1.95 bits per heavy atom. The van der Waals surface area contributed by atoms with E-state index < -0.39 is 0 Å². The first-order chi connectivity index (χ1) is 10.2. The van der Waals surface area contributed by atoms with Gasteiger partial charge in [-0.1, -0.05) is 33.6 Å². The Kier molecular flexibility index (Phi) is 5.83. The molecule has 1 aromatic rings. The van der Waals surface area contributed by atoms with Crippen LogP contribution in [0.1, 0.15) is 71.5 Å². The molecular weight excluding hydrogens is 260 g/mol. The molecule has 1 heterocycles. The van der Waals surface area contributed by atoms with Gasteiger partial charge in [-0.05, 0) is 26.2 Å². The molecule has 0 bridgehead atoms. The minimum Gasteiger partial charge on any atom is -0.370 e. The predicted octanol–water partition coefficient (Wildman–Crippen LogP) is 4.19. The zero-order valence-corrected chi connectivity index (χ0v) is 14.0. The van der Waals surface area contributed by atoms with E-state index in [1.54, 1.807) is 0 Å². The summed E-state index contributed by atoms with van der Waals surface area (Å²) in [6.07, 6.45) is 6.41. The molecule has 4 nitrogen and oxygen atoms in total. The van der Waals surface area contributed by atoms with Crippen LogP contribution in [0.15, 0.2) is 6.07 Å². The lowest BCUT2D eigenvalue weighted by atomic mass is 10.2. The van der Waals surface area contributed by atoms with Gasteiger partial charge in [0.15, 0.2) is 0 Å². The van der Waals surface area contributed by atoms with Gasteiger partial charge in [-0.2, -0.15) is 0 Å². The Morgan fingerprint density at radius 3 is 2.52 bits per heavy atom. The van der Waals surface area contributed by atoms with E-state index in [4.69, 9.17) is 4.98 Å². The fourth-order valence-electron chi connectivity index (χ4n) is 3.02. The summed E-state index contributed by atoms with van der Waals surface area (Å²) in [6, 6.07) is 2.78. The van der Waals surface area contributed by atoms with Gasteiger partial charge in [-0.25, -0.2) is 9.97 Å². The molecule has 1 aliphatic rings. The molecule has 1 aromatic heterocycles. The highest BCUT2D eigenvalue weighted by Gasteiger charge is 2.23. The molecule has 1 aliphatic carbocycles. The Labute approximate surface area is 129 Å². The fourth-order valence-corrected chi connectivity index (χ4v) is 3.02. The van der Waals surface area contributed by atoms with E-state index in [0.717, 1.165) is 37.0 Å². The molecule has 0 unspecified atom stereocenters. The van der Waals surface area contributed by atoms with Crippen LogP contribution in [0.5, 0.6) is 0 Å². The third kappa shape index (κ3) is 4.08. The van der Waals surface area contributed by atoms with Crippen molar-refractivity contribution >= 4 is 11.6 Å². The molecule has 118 valence electrons. The van der Waals surface area contributed by atoms with Crippen LogP contribution in [-0.4, -0.2) is 29.1 Å². The van der Waals surface area contributed by atoms with Crippen molar-refractivity contribution < 1.29 is 0 Å². The molecule has 21 heavy (non-hydrogen) atoms. The first-order valence-corrected chi connectivity index (χ1v) is 8.55. The van der Waals surface area contributed by atoms with Gasteiger partial charge in [0.25, 0.3) is 0 Å². The van der Waals surface area contributed by atoms with Gasteiger partial charge in [0.05, 0.1) is 0 Å². The Bertz CT molecular complexity index is 438. The quantitative estimate of drug-likeness (QED) is 0.817. The maximum atomic E-state index is 4.83. The van der Waals surface area contributed by atoms with Crippen molar-refractivity contribution in [2.24, 2.45) is 0 Å². The van der Waals surface area contributed by atoms with E-state index in [1.165, 1.54) is 25.7 Å². The van der Waals surface area contributed by atoms with Gasteiger partial charge in [0, 0.05) is 31.1 Å².